The number of piperazine rings is 1. The molecule has 2 unspecified atom stereocenters. The van der Waals surface area contributed by atoms with Gasteiger partial charge in [0.15, 0.2) is 17.3 Å². The SMILES string of the molecule is CN1CC2CC1CN2C[C@H]1COc2cc3ncnc(Nc4cccc(Br)c4F)c3cc2O1. The molecule has 2 aromatic carbocycles. The predicted octanol–water partition coefficient (Wildman–Crippen LogP) is 3.80. The fraction of sp³-hybridized carbons (Fsp3) is 0.391. The maximum Gasteiger partial charge on any atom is 0.163 e. The molecule has 0 spiro atoms. The van der Waals surface area contributed by atoms with E-state index >= 15 is 0 Å². The van der Waals surface area contributed by atoms with Crippen LogP contribution in [-0.2, 0) is 0 Å². The van der Waals surface area contributed by atoms with Crippen LogP contribution in [0.2, 0.25) is 0 Å². The Hall–Kier alpha value is -2.49. The average Bonchev–Trinajstić information content (AvgIpc) is 3.35. The minimum atomic E-state index is -0.373. The second kappa shape index (κ2) is 7.83. The van der Waals surface area contributed by atoms with Crippen molar-refractivity contribution in [1.29, 1.82) is 0 Å². The summed E-state index contributed by atoms with van der Waals surface area (Å²) >= 11 is 3.23. The average molecular weight is 500 g/mol. The highest BCUT2D eigenvalue weighted by Crippen LogP contribution is 2.39. The van der Waals surface area contributed by atoms with Gasteiger partial charge in [-0.2, -0.15) is 0 Å². The number of hydrogen-bond donors (Lipinski definition) is 1. The molecule has 4 heterocycles. The number of likely N-dealkylation sites (N-methyl/N-ethyl adjacent to an activating group) is 1. The van der Waals surface area contributed by atoms with Gasteiger partial charge in [-0.15, -0.1) is 0 Å². The first kappa shape index (κ1) is 20.1. The van der Waals surface area contributed by atoms with Crippen molar-refractivity contribution in [2.45, 2.75) is 24.6 Å². The molecule has 3 aliphatic rings. The zero-order valence-electron chi connectivity index (χ0n) is 17.6. The predicted molar refractivity (Wildman–Crippen MR) is 123 cm³/mol. The third-order valence-corrected chi connectivity index (χ3v) is 7.30. The summed E-state index contributed by atoms with van der Waals surface area (Å²) in [5.41, 5.74) is 1.04. The fourth-order valence-electron chi connectivity index (χ4n) is 5.02. The number of anilines is 2. The first-order chi connectivity index (χ1) is 15.5. The lowest BCUT2D eigenvalue weighted by Gasteiger charge is -2.35. The van der Waals surface area contributed by atoms with Crippen LogP contribution in [0.1, 0.15) is 6.42 Å². The Labute approximate surface area is 193 Å². The molecule has 0 saturated carbocycles. The molecule has 32 heavy (non-hydrogen) atoms. The van der Waals surface area contributed by atoms with Crippen LogP contribution in [0.3, 0.4) is 0 Å². The summed E-state index contributed by atoms with van der Waals surface area (Å²) in [6.07, 6.45) is 2.66. The van der Waals surface area contributed by atoms with Crippen molar-refractivity contribution < 1.29 is 13.9 Å². The number of fused-ring (bicyclic) bond motifs is 4. The molecule has 0 aliphatic carbocycles. The van der Waals surface area contributed by atoms with Crippen molar-refractivity contribution in [3.63, 3.8) is 0 Å². The number of nitrogens with one attached hydrogen (secondary N) is 1. The number of nitrogens with zero attached hydrogens (tertiary/aromatic N) is 4. The van der Waals surface area contributed by atoms with Crippen LogP contribution in [0.5, 0.6) is 11.5 Å². The van der Waals surface area contributed by atoms with E-state index in [1.54, 1.807) is 18.2 Å². The Morgan fingerprint density at radius 1 is 1.19 bits per heavy atom. The zero-order valence-corrected chi connectivity index (χ0v) is 19.2. The number of likely N-dealkylation sites (tertiary alicyclic amines) is 2. The fourth-order valence-corrected chi connectivity index (χ4v) is 5.38. The molecular weight excluding hydrogens is 477 g/mol. The van der Waals surface area contributed by atoms with Gasteiger partial charge in [0.2, 0.25) is 0 Å². The van der Waals surface area contributed by atoms with E-state index in [1.165, 1.54) is 12.7 Å². The van der Waals surface area contributed by atoms with Gasteiger partial charge >= 0.3 is 0 Å². The Bertz CT molecular complexity index is 1190. The molecule has 166 valence electrons. The molecule has 3 atom stereocenters. The van der Waals surface area contributed by atoms with Gasteiger partial charge in [-0.3, -0.25) is 4.90 Å². The first-order valence-electron chi connectivity index (χ1n) is 10.8. The van der Waals surface area contributed by atoms with Gasteiger partial charge in [-0.25, -0.2) is 14.4 Å². The van der Waals surface area contributed by atoms with E-state index in [0.717, 1.165) is 25.0 Å². The van der Waals surface area contributed by atoms with Crippen molar-refractivity contribution in [3.05, 3.63) is 46.9 Å². The molecule has 0 amide bonds. The number of halogens is 2. The minimum Gasteiger partial charge on any atom is -0.486 e. The molecule has 6 rings (SSSR count). The lowest BCUT2D eigenvalue weighted by atomic mass is 10.1. The van der Waals surface area contributed by atoms with Crippen molar-refractivity contribution >= 4 is 38.3 Å². The van der Waals surface area contributed by atoms with Gasteiger partial charge < -0.3 is 19.7 Å². The summed E-state index contributed by atoms with van der Waals surface area (Å²) < 4.78 is 27.3. The molecule has 2 fully saturated rings. The van der Waals surface area contributed by atoms with Crippen molar-refractivity contribution in [2.75, 3.05) is 38.6 Å². The molecule has 7 nitrogen and oxygen atoms in total. The molecule has 1 aromatic heterocycles. The second-order valence-corrected chi connectivity index (χ2v) is 9.61. The highest BCUT2D eigenvalue weighted by atomic mass is 79.9. The van der Waals surface area contributed by atoms with Crippen LogP contribution in [-0.4, -0.2) is 71.2 Å². The van der Waals surface area contributed by atoms with Gasteiger partial charge in [0, 0.05) is 43.2 Å². The van der Waals surface area contributed by atoms with E-state index in [-0.39, 0.29) is 11.9 Å². The topological polar surface area (TPSA) is 62.8 Å². The maximum atomic E-state index is 14.5. The van der Waals surface area contributed by atoms with Crippen LogP contribution in [0.25, 0.3) is 10.9 Å². The second-order valence-electron chi connectivity index (χ2n) is 8.75. The monoisotopic (exact) mass is 499 g/mol. The van der Waals surface area contributed by atoms with Crippen LogP contribution in [0.15, 0.2) is 41.1 Å². The highest BCUT2D eigenvalue weighted by Gasteiger charge is 2.42. The van der Waals surface area contributed by atoms with E-state index in [1.807, 2.05) is 12.1 Å². The quantitative estimate of drug-likeness (QED) is 0.585. The van der Waals surface area contributed by atoms with E-state index in [0.29, 0.717) is 51.7 Å². The summed E-state index contributed by atoms with van der Waals surface area (Å²) in [5, 5.41) is 3.84. The standard InChI is InChI=1S/C23H23BrFN5O2/c1-29-8-14-5-13(29)9-30(14)10-15-11-31-20-7-19-16(6-21(20)32-15)23(27-12-26-19)28-18-4-2-3-17(24)22(18)25/h2-4,6-7,12-15H,5,8-11H2,1H3,(H,26,27,28)/t13?,14?,15-/m0/s1. The minimum absolute atomic E-state index is 0.0341. The summed E-state index contributed by atoms with van der Waals surface area (Å²) in [6.45, 7) is 3.58. The van der Waals surface area contributed by atoms with Crippen LogP contribution in [0, 0.1) is 5.82 Å². The van der Waals surface area contributed by atoms with Gasteiger partial charge in [-0.1, -0.05) is 6.07 Å². The summed E-state index contributed by atoms with van der Waals surface area (Å²) in [6, 6.07) is 10.1. The molecule has 3 aromatic rings. The molecule has 1 N–H and O–H groups in total. The van der Waals surface area contributed by atoms with Gasteiger partial charge in [0.05, 0.1) is 15.7 Å². The van der Waals surface area contributed by atoms with Gasteiger partial charge in [-0.05, 0) is 47.6 Å². The Morgan fingerprint density at radius 3 is 2.91 bits per heavy atom. The maximum absolute atomic E-state index is 14.5. The summed E-state index contributed by atoms with van der Waals surface area (Å²) in [4.78, 5) is 13.7. The number of ether oxygens (including phenoxy) is 2. The molecule has 9 heteroatoms. The lowest BCUT2D eigenvalue weighted by Crippen LogP contribution is -2.49. The number of rotatable bonds is 4. The summed E-state index contributed by atoms with van der Waals surface area (Å²) in [7, 11) is 2.21. The third kappa shape index (κ3) is 3.48. The van der Waals surface area contributed by atoms with Gasteiger partial charge in [0.1, 0.15) is 24.9 Å². The molecular formula is C23H23BrFN5O2. The van der Waals surface area contributed by atoms with Crippen molar-refractivity contribution in [2.24, 2.45) is 0 Å². The Balaban J connectivity index is 1.26. The third-order valence-electron chi connectivity index (χ3n) is 6.69. The normalized spacial score (nSPS) is 24.9. The highest BCUT2D eigenvalue weighted by molar-refractivity contribution is 9.10. The van der Waals surface area contributed by atoms with E-state index in [9.17, 15) is 4.39 Å². The van der Waals surface area contributed by atoms with Crippen LogP contribution >= 0.6 is 15.9 Å². The number of hydrogen-bond acceptors (Lipinski definition) is 7. The van der Waals surface area contributed by atoms with Crippen molar-refractivity contribution in [3.8, 4) is 11.5 Å². The van der Waals surface area contributed by atoms with Crippen LogP contribution < -0.4 is 14.8 Å². The van der Waals surface area contributed by atoms with E-state index in [4.69, 9.17) is 9.47 Å². The largest absolute Gasteiger partial charge is 0.486 e. The van der Waals surface area contributed by atoms with Crippen LogP contribution in [0.4, 0.5) is 15.9 Å². The molecule has 2 saturated heterocycles. The van der Waals surface area contributed by atoms with E-state index < -0.39 is 0 Å². The smallest absolute Gasteiger partial charge is 0.163 e. The Morgan fingerprint density at radius 2 is 2.09 bits per heavy atom. The molecule has 0 radical (unpaired) electrons. The molecule has 2 bridgehead atoms. The Kier molecular flexibility index (Phi) is 4.93. The first-order valence-corrected chi connectivity index (χ1v) is 11.6. The van der Waals surface area contributed by atoms with E-state index in [2.05, 4.69) is 48.1 Å². The zero-order chi connectivity index (χ0) is 21.8. The lowest BCUT2D eigenvalue weighted by molar-refractivity contribution is 0.0417. The molecule has 3 aliphatic heterocycles. The number of aromatic nitrogens is 2. The van der Waals surface area contributed by atoms with Gasteiger partial charge in [0.25, 0.3) is 0 Å². The summed E-state index contributed by atoms with van der Waals surface area (Å²) in [5.74, 6) is 1.49. The number of benzene rings is 2. The van der Waals surface area contributed by atoms with Crippen molar-refractivity contribution in [1.82, 2.24) is 19.8 Å².